The molecule has 0 aliphatic carbocycles. The fraction of sp³-hybridized carbons (Fsp3) is 0.529. The van der Waals surface area contributed by atoms with E-state index < -0.39 is 0 Å². The van der Waals surface area contributed by atoms with Crippen molar-refractivity contribution in [2.45, 2.75) is 31.4 Å². The second-order valence-corrected chi connectivity index (χ2v) is 6.79. The van der Waals surface area contributed by atoms with Crippen molar-refractivity contribution in [3.8, 4) is 0 Å². The van der Waals surface area contributed by atoms with Gasteiger partial charge in [-0.25, -0.2) is 0 Å². The molecule has 2 aliphatic rings. The van der Waals surface area contributed by atoms with Crippen molar-refractivity contribution < 1.29 is 5.11 Å². The number of fused-ring (bicyclic) bond motifs is 1. The molecule has 0 atom stereocenters. The van der Waals surface area contributed by atoms with Gasteiger partial charge >= 0.3 is 0 Å². The third-order valence-corrected chi connectivity index (χ3v) is 5.37. The molecule has 21 heavy (non-hydrogen) atoms. The minimum Gasteiger partial charge on any atom is -0.396 e. The predicted octanol–water partition coefficient (Wildman–Crippen LogP) is 3.51. The standard InChI is InChI=1S/C17H24N2OS/c20-11-7-15-6-8-18-17-5-4-14(12-16(15)17)13-21-19-9-2-1-3-10-19/h4-6,12,18,20H,1-3,7-11,13H2. The Balaban J connectivity index is 1.67. The zero-order chi connectivity index (χ0) is 14.5. The summed E-state index contributed by atoms with van der Waals surface area (Å²) in [4.78, 5) is 0. The van der Waals surface area contributed by atoms with E-state index in [-0.39, 0.29) is 6.61 Å². The van der Waals surface area contributed by atoms with Crippen molar-refractivity contribution in [3.63, 3.8) is 0 Å². The van der Waals surface area contributed by atoms with Crippen LogP contribution in [0.1, 0.15) is 36.8 Å². The number of nitrogens with one attached hydrogen (secondary N) is 1. The summed E-state index contributed by atoms with van der Waals surface area (Å²) in [6.45, 7) is 3.54. The number of aliphatic hydroxyl groups is 1. The molecule has 0 amide bonds. The van der Waals surface area contributed by atoms with Crippen LogP contribution in [-0.2, 0) is 5.75 Å². The second kappa shape index (κ2) is 7.34. The van der Waals surface area contributed by atoms with Gasteiger partial charge in [-0.05, 0) is 42.5 Å². The lowest BCUT2D eigenvalue weighted by Gasteiger charge is -2.25. The van der Waals surface area contributed by atoms with Crippen LogP contribution in [0.5, 0.6) is 0 Å². The molecule has 1 aromatic carbocycles. The molecule has 0 unspecified atom stereocenters. The highest BCUT2D eigenvalue weighted by Crippen LogP contribution is 2.32. The van der Waals surface area contributed by atoms with Crippen LogP contribution >= 0.6 is 11.9 Å². The highest BCUT2D eigenvalue weighted by Gasteiger charge is 2.14. The van der Waals surface area contributed by atoms with Gasteiger partial charge in [-0.2, -0.15) is 0 Å². The zero-order valence-electron chi connectivity index (χ0n) is 12.5. The van der Waals surface area contributed by atoms with Gasteiger partial charge in [-0.15, -0.1) is 0 Å². The molecule has 3 nitrogen and oxygen atoms in total. The highest BCUT2D eigenvalue weighted by molar-refractivity contribution is 7.96. The van der Waals surface area contributed by atoms with E-state index in [1.165, 1.54) is 54.7 Å². The molecule has 1 saturated heterocycles. The lowest BCUT2D eigenvalue weighted by Crippen LogP contribution is -2.23. The zero-order valence-corrected chi connectivity index (χ0v) is 13.3. The quantitative estimate of drug-likeness (QED) is 0.816. The average molecular weight is 304 g/mol. The van der Waals surface area contributed by atoms with E-state index in [4.69, 9.17) is 0 Å². The molecule has 3 rings (SSSR count). The first-order valence-corrected chi connectivity index (χ1v) is 8.86. The smallest absolute Gasteiger partial charge is 0.0471 e. The lowest BCUT2D eigenvalue weighted by atomic mass is 9.96. The maximum absolute atomic E-state index is 9.21. The lowest BCUT2D eigenvalue weighted by molar-refractivity contribution is 0.305. The van der Waals surface area contributed by atoms with Gasteiger partial charge < -0.3 is 10.4 Å². The summed E-state index contributed by atoms with van der Waals surface area (Å²) < 4.78 is 2.51. The fourth-order valence-corrected chi connectivity index (χ4v) is 4.04. The number of aliphatic hydroxyl groups excluding tert-OH is 1. The minimum absolute atomic E-state index is 0.220. The fourth-order valence-electron chi connectivity index (χ4n) is 3.01. The van der Waals surface area contributed by atoms with E-state index in [1.807, 2.05) is 11.9 Å². The third-order valence-electron chi connectivity index (χ3n) is 4.18. The van der Waals surface area contributed by atoms with Gasteiger partial charge in [-0.1, -0.05) is 30.5 Å². The number of nitrogens with zero attached hydrogens (tertiary/aromatic N) is 1. The van der Waals surface area contributed by atoms with Gasteiger partial charge in [0.15, 0.2) is 0 Å². The van der Waals surface area contributed by atoms with Crippen LogP contribution in [0.2, 0.25) is 0 Å². The predicted molar refractivity (Wildman–Crippen MR) is 91.3 cm³/mol. The van der Waals surface area contributed by atoms with Crippen LogP contribution in [0.3, 0.4) is 0 Å². The first kappa shape index (κ1) is 14.9. The monoisotopic (exact) mass is 304 g/mol. The number of benzene rings is 1. The van der Waals surface area contributed by atoms with Crippen LogP contribution in [-0.4, -0.2) is 35.7 Å². The molecular weight excluding hydrogens is 280 g/mol. The number of anilines is 1. The minimum atomic E-state index is 0.220. The third kappa shape index (κ3) is 3.82. The Labute approximate surface area is 131 Å². The Bertz CT molecular complexity index is 510. The molecule has 1 fully saturated rings. The Morgan fingerprint density at radius 2 is 2.05 bits per heavy atom. The Morgan fingerprint density at radius 3 is 2.86 bits per heavy atom. The summed E-state index contributed by atoms with van der Waals surface area (Å²) in [5.74, 6) is 1.04. The van der Waals surface area contributed by atoms with Gasteiger partial charge in [0.05, 0.1) is 0 Å². The van der Waals surface area contributed by atoms with Crippen LogP contribution in [0.25, 0.3) is 5.57 Å². The molecule has 2 N–H and O–H groups in total. The van der Waals surface area contributed by atoms with Crippen LogP contribution in [0.4, 0.5) is 5.69 Å². The van der Waals surface area contributed by atoms with Crippen molar-refractivity contribution in [3.05, 3.63) is 35.4 Å². The van der Waals surface area contributed by atoms with Crippen molar-refractivity contribution in [2.24, 2.45) is 0 Å². The van der Waals surface area contributed by atoms with Crippen molar-refractivity contribution in [1.82, 2.24) is 4.31 Å². The second-order valence-electron chi connectivity index (χ2n) is 5.73. The van der Waals surface area contributed by atoms with Gasteiger partial charge in [0, 0.05) is 43.2 Å². The number of rotatable bonds is 5. The topological polar surface area (TPSA) is 35.5 Å². The summed E-state index contributed by atoms with van der Waals surface area (Å²) in [5, 5.41) is 12.6. The van der Waals surface area contributed by atoms with Crippen molar-refractivity contribution in [1.29, 1.82) is 0 Å². The molecule has 0 radical (unpaired) electrons. The number of piperidine rings is 1. The molecule has 4 heteroatoms. The summed E-state index contributed by atoms with van der Waals surface area (Å²) in [7, 11) is 0. The van der Waals surface area contributed by atoms with E-state index in [2.05, 4.69) is 33.9 Å². The van der Waals surface area contributed by atoms with Gasteiger partial charge in [0.25, 0.3) is 0 Å². The Morgan fingerprint density at radius 1 is 1.19 bits per heavy atom. The molecule has 2 heterocycles. The van der Waals surface area contributed by atoms with E-state index in [1.54, 1.807) is 0 Å². The molecule has 1 aromatic rings. The van der Waals surface area contributed by atoms with Crippen LogP contribution in [0, 0.1) is 0 Å². The Kier molecular flexibility index (Phi) is 5.22. The van der Waals surface area contributed by atoms with Crippen LogP contribution < -0.4 is 5.32 Å². The first-order chi connectivity index (χ1) is 10.4. The summed E-state index contributed by atoms with van der Waals surface area (Å²) >= 11 is 1.96. The van der Waals surface area contributed by atoms with E-state index >= 15 is 0 Å². The van der Waals surface area contributed by atoms with Gasteiger partial charge in [0.1, 0.15) is 0 Å². The van der Waals surface area contributed by atoms with Gasteiger partial charge in [-0.3, -0.25) is 4.31 Å². The first-order valence-electron chi connectivity index (χ1n) is 7.92. The number of hydrogen-bond donors (Lipinski definition) is 2. The van der Waals surface area contributed by atoms with Gasteiger partial charge in [0.2, 0.25) is 0 Å². The maximum atomic E-state index is 9.21. The van der Waals surface area contributed by atoms with E-state index in [9.17, 15) is 5.11 Å². The molecule has 0 bridgehead atoms. The molecule has 0 spiro atoms. The maximum Gasteiger partial charge on any atom is 0.0471 e. The average Bonchev–Trinajstić information content (AvgIpc) is 2.54. The highest BCUT2D eigenvalue weighted by atomic mass is 32.2. The molecular formula is C17H24N2OS. The molecule has 2 aliphatic heterocycles. The number of hydrogen-bond acceptors (Lipinski definition) is 4. The van der Waals surface area contributed by atoms with E-state index in [0.29, 0.717) is 0 Å². The largest absolute Gasteiger partial charge is 0.396 e. The SMILES string of the molecule is OCCC1=CCNc2ccc(CSN3CCCCC3)cc21. The molecule has 0 aromatic heterocycles. The summed E-state index contributed by atoms with van der Waals surface area (Å²) in [5.41, 5.74) is 5.12. The van der Waals surface area contributed by atoms with Crippen molar-refractivity contribution >= 4 is 23.2 Å². The molecule has 0 saturated carbocycles. The normalized spacial score (nSPS) is 18.8. The summed E-state index contributed by atoms with van der Waals surface area (Å²) in [6, 6.07) is 6.70. The van der Waals surface area contributed by atoms with Crippen molar-refractivity contribution in [2.75, 3.05) is 31.6 Å². The molecule has 114 valence electrons. The van der Waals surface area contributed by atoms with Crippen LogP contribution in [0.15, 0.2) is 24.3 Å². The van der Waals surface area contributed by atoms with E-state index in [0.717, 1.165) is 18.7 Å². The Hall–Kier alpha value is -0.970. The summed E-state index contributed by atoms with van der Waals surface area (Å²) in [6.07, 6.45) is 7.00.